The van der Waals surface area contributed by atoms with Crippen LogP contribution >= 0.6 is 0 Å². The Bertz CT molecular complexity index is 641. The predicted octanol–water partition coefficient (Wildman–Crippen LogP) is 4.29. The van der Waals surface area contributed by atoms with Crippen LogP contribution < -0.4 is 15.4 Å². The standard InChI is InChI=1S/C19H24N2O2/c1-19(2,3)18(22)21-16-9-7-15(8-10-16)20-13-14-5-11-17(23-4)12-6-14/h5-12,20H,13H2,1-4H3,(H,21,22). The van der Waals surface area contributed by atoms with Crippen LogP contribution in [0.25, 0.3) is 0 Å². The molecule has 1 amide bonds. The zero-order valence-corrected chi connectivity index (χ0v) is 14.1. The molecule has 0 radical (unpaired) electrons. The molecule has 2 N–H and O–H groups in total. The minimum atomic E-state index is -0.398. The van der Waals surface area contributed by atoms with E-state index in [0.717, 1.165) is 23.7 Å². The average molecular weight is 312 g/mol. The van der Waals surface area contributed by atoms with Crippen molar-refractivity contribution in [3.05, 3.63) is 54.1 Å². The molecule has 0 aliphatic rings. The Kier molecular flexibility index (Phi) is 5.27. The normalized spacial score (nSPS) is 11.0. The van der Waals surface area contributed by atoms with Crippen LogP contribution in [0.5, 0.6) is 5.75 Å². The number of amides is 1. The van der Waals surface area contributed by atoms with E-state index in [2.05, 4.69) is 10.6 Å². The molecule has 0 bridgehead atoms. The molecule has 4 nitrogen and oxygen atoms in total. The fourth-order valence-electron chi connectivity index (χ4n) is 1.94. The number of carbonyl (C=O) groups excluding carboxylic acids is 1. The van der Waals surface area contributed by atoms with Gasteiger partial charge in [-0.2, -0.15) is 0 Å². The number of benzene rings is 2. The molecule has 0 aliphatic heterocycles. The van der Waals surface area contributed by atoms with Crippen LogP contribution in [0.1, 0.15) is 26.3 Å². The minimum Gasteiger partial charge on any atom is -0.497 e. The molecular weight excluding hydrogens is 288 g/mol. The summed E-state index contributed by atoms with van der Waals surface area (Å²) in [6, 6.07) is 15.7. The van der Waals surface area contributed by atoms with Gasteiger partial charge in [0.2, 0.25) is 5.91 Å². The summed E-state index contributed by atoms with van der Waals surface area (Å²) < 4.78 is 5.15. The third-order valence-electron chi connectivity index (χ3n) is 3.48. The maximum absolute atomic E-state index is 11.9. The Hall–Kier alpha value is -2.49. The summed E-state index contributed by atoms with van der Waals surface area (Å²) in [5.74, 6) is 0.865. The highest BCUT2D eigenvalue weighted by Crippen LogP contribution is 2.19. The lowest BCUT2D eigenvalue weighted by Crippen LogP contribution is -2.27. The number of ether oxygens (including phenoxy) is 1. The van der Waals surface area contributed by atoms with Crippen molar-refractivity contribution in [1.29, 1.82) is 0 Å². The molecule has 4 heteroatoms. The average Bonchev–Trinajstić information content (AvgIpc) is 2.54. The van der Waals surface area contributed by atoms with Gasteiger partial charge in [0.25, 0.3) is 0 Å². The highest BCUT2D eigenvalue weighted by molar-refractivity contribution is 5.94. The van der Waals surface area contributed by atoms with E-state index in [1.807, 2.05) is 69.3 Å². The van der Waals surface area contributed by atoms with E-state index in [9.17, 15) is 4.79 Å². The van der Waals surface area contributed by atoms with Crippen LogP contribution in [0.2, 0.25) is 0 Å². The third kappa shape index (κ3) is 5.02. The third-order valence-corrected chi connectivity index (χ3v) is 3.48. The molecule has 2 aromatic carbocycles. The molecule has 0 aromatic heterocycles. The van der Waals surface area contributed by atoms with Crippen LogP contribution in [-0.2, 0) is 11.3 Å². The van der Waals surface area contributed by atoms with E-state index >= 15 is 0 Å². The molecule has 122 valence electrons. The second kappa shape index (κ2) is 7.18. The first-order valence-electron chi connectivity index (χ1n) is 7.67. The SMILES string of the molecule is COc1ccc(CNc2ccc(NC(=O)C(C)(C)C)cc2)cc1. The molecule has 0 spiro atoms. The fraction of sp³-hybridized carbons (Fsp3) is 0.316. The highest BCUT2D eigenvalue weighted by atomic mass is 16.5. The summed E-state index contributed by atoms with van der Waals surface area (Å²) in [7, 11) is 1.66. The summed E-state index contributed by atoms with van der Waals surface area (Å²) in [6.07, 6.45) is 0. The first-order valence-corrected chi connectivity index (χ1v) is 7.67. The minimum absolute atomic E-state index is 0.0106. The first kappa shape index (κ1) is 16.9. The largest absolute Gasteiger partial charge is 0.497 e. The topological polar surface area (TPSA) is 50.4 Å². The van der Waals surface area contributed by atoms with Crippen LogP contribution in [0, 0.1) is 5.41 Å². The fourth-order valence-corrected chi connectivity index (χ4v) is 1.94. The number of hydrogen-bond donors (Lipinski definition) is 2. The highest BCUT2D eigenvalue weighted by Gasteiger charge is 2.20. The van der Waals surface area contributed by atoms with Gasteiger partial charge in [-0.05, 0) is 42.0 Å². The van der Waals surface area contributed by atoms with Gasteiger partial charge in [0, 0.05) is 23.3 Å². The van der Waals surface area contributed by atoms with Crippen molar-refractivity contribution < 1.29 is 9.53 Å². The second-order valence-electron chi connectivity index (χ2n) is 6.48. The van der Waals surface area contributed by atoms with Crippen LogP contribution in [0.15, 0.2) is 48.5 Å². The van der Waals surface area contributed by atoms with Gasteiger partial charge in [0.15, 0.2) is 0 Å². The molecule has 23 heavy (non-hydrogen) atoms. The van der Waals surface area contributed by atoms with Crippen LogP contribution in [-0.4, -0.2) is 13.0 Å². The smallest absolute Gasteiger partial charge is 0.229 e. The van der Waals surface area contributed by atoms with Gasteiger partial charge >= 0.3 is 0 Å². The summed E-state index contributed by atoms with van der Waals surface area (Å²) in [5, 5.41) is 6.27. The van der Waals surface area contributed by atoms with Crippen molar-refractivity contribution in [2.75, 3.05) is 17.7 Å². The van der Waals surface area contributed by atoms with Crippen molar-refractivity contribution in [3.8, 4) is 5.75 Å². The molecule has 0 atom stereocenters. The molecule has 0 aliphatic carbocycles. The Balaban J connectivity index is 1.90. The van der Waals surface area contributed by atoms with Crippen LogP contribution in [0.3, 0.4) is 0 Å². The molecule has 2 aromatic rings. The lowest BCUT2D eigenvalue weighted by atomic mass is 9.95. The van der Waals surface area contributed by atoms with Gasteiger partial charge in [-0.3, -0.25) is 4.79 Å². The van der Waals surface area contributed by atoms with E-state index in [1.54, 1.807) is 7.11 Å². The van der Waals surface area contributed by atoms with E-state index in [4.69, 9.17) is 4.74 Å². The van der Waals surface area contributed by atoms with Gasteiger partial charge in [-0.1, -0.05) is 32.9 Å². The van der Waals surface area contributed by atoms with E-state index in [1.165, 1.54) is 5.56 Å². The number of carbonyl (C=O) groups is 1. The summed E-state index contributed by atoms with van der Waals surface area (Å²) in [4.78, 5) is 11.9. The number of anilines is 2. The zero-order valence-electron chi connectivity index (χ0n) is 14.1. The van der Waals surface area contributed by atoms with Gasteiger partial charge in [-0.15, -0.1) is 0 Å². The lowest BCUT2D eigenvalue weighted by Gasteiger charge is -2.17. The first-order chi connectivity index (χ1) is 10.9. The number of hydrogen-bond acceptors (Lipinski definition) is 3. The molecule has 2 rings (SSSR count). The maximum Gasteiger partial charge on any atom is 0.229 e. The van der Waals surface area contributed by atoms with Crippen molar-refractivity contribution in [3.63, 3.8) is 0 Å². The Morgan fingerprint density at radius 3 is 2.04 bits per heavy atom. The van der Waals surface area contributed by atoms with Crippen molar-refractivity contribution in [2.24, 2.45) is 5.41 Å². The zero-order chi connectivity index (χ0) is 16.9. The number of rotatable bonds is 5. The number of nitrogens with one attached hydrogen (secondary N) is 2. The second-order valence-corrected chi connectivity index (χ2v) is 6.48. The maximum atomic E-state index is 11.9. The van der Waals surface area contributed by atoms with Gasteiger partial charge < -0.3 is 15.4 Å². The molecular formula is C19H24N2O2. The number of methoxy groups -OCH3 is 1. The Morgan fingerprint density at radius 1 is 0.957 bits per heavy atom. The molecule has 0 heterocycles. The molecule has 0 unspecified atom stereocenters. The lowest BCUT2D eigenvalue weighted by molar-refractivity contribution is -0.123. The monoisotopic (exact) mass is 312 g/mol. The van der Waals surface area contributed by atoms with Crippen LogP contribution in [0.4, 0.5) is 11.4 Å². The molecule has 0 fully saturated rings. The van der Waals surface area contributed by atoms with Gasteiger partial charge in [0.1, 0.15) is 5.75 Å². The van der Waals surface area contributed by atoms with E-state index in [0.29, 0.717) is 0 Å². The van der Waals surface area contributed by atoms with Gasteiger partial charge in [-0.25, -0.2) is 0 Å². The summed E-state index contributed by atoms with van der Waals surface area (Å²) in [5.41, 5.74) is 2.59. The Morgan fingerprint density at radius 2 is 1.52 bits per heavy atom. The molecule has 0 saturated heterocycles. The van der Waals surface area contributed by atoms with Crippen molar-refractivity contribution >= 4 is 17.3 Å². The van der Waals surface area contributed by atoms with Gasteiger partial charge in [0.05, 0.1) is 7.11 Å². The van der Waals surface area contributed by atoms with Crippen molar-refractivity contribution in [2.45, 2.75) is 27.3 Å². The quantitative estimate of drug-likeness (QED) is 0.866. The summed E-state index contributed by atoms with van der Waals surface area (Å²) >= 11 is 0. The predicted molar refractivity (Wildman–Crippen MR) is 94.8 cm³/mol. The van der Waals surface area contributed by atoms with Crippen molar-refractivity contribution in [1.82, 2.24) is 0 Å². The Labute approximate surface area is 137 Å². The van der Waals surface area contributed by atoms with E-state index < -0.39 is 5.41 Å². The molecule has 0 saturated carbocycles. The van der Waals surface area contributed by atoms with E-state index in [-0.39, 0.29) is 5.91 Å². The summed E-state index contributed by atoms with van der Waals surface area (Å²) in [6.45, 7) is 6.42.